The van der Waals surface area contributed by atoms with Crippen LogP contribution in [0.25, 0.3) is 0 Å². The summed E-state index contributed by atoms with van der Waals surface area (Å²) in [6, 6.07) is 3.70. The molecule has 12 heavy (non-hydrogen) atoms. The molecule has 0 radical (unpaired) electrons. The smallest absolute Gasteiger partial charge is 0.138 e. The summed E-state index contributed by atoms with van der Waals surface area (Å²) in [7, 11) is 0. The monoisotopic (exact) mass is 164 g/mol. The van der Waals surface area contributed by atoms with Crippen molar-refractivity contribution in [1.82, 2.24) is 10.2 Å². The predicted molar refractivity (Wildman–Crippen MR) is 45.9 cm³/mol. The molecule has 1 heterocycles. The number of hydrogen-bond acceptors (Lipinski definition) is 3. The molecule has 3 heteroatoms. The molecule has 1 atom stereocenters. The van der Waals surface area contributed by atoms with Gasteiger partial charge < -0.3 is 0 Å². The molecular formula is C9H12N2O. The number of carbonyl (C=O) groups excluding carboxylic acids is 1. The van der Waals surface area contributed by atoms with Crippen LogP contribution in [0.2, 0.25) is 0 Å². The van der Waals surface area contributed by atoms with E-state index in [1.165, 1.54) is 0 Å². The van der Waals surface area contributed by atoms with Crippen molar-refractivity contribution < 1.29 is 4.79 Å². The number of hydrogen-bond donors (Lipinski definition) is 0. The van der Waals surface area contributed by atoms with Crippen LogP contribution in [0.15, 0.2) is 12.1 Å². The highest BCUT2D eigenvalue weighted by atomic mass is 16.1. The molecule has 0 bridgehead atoms. The molecular weight excluding hydrogens is 152 g/mol. The fraction of sp³-hybridized carbons (Fsp3) is 0.444. The van der Waals surface area contributed by atoms with Crippen LogP contribution >= 0.6 is 0 Å². The molecule has 0 fully saturated rings. The first-order valence-electron chi connectivity index (χ1n) is 3.92. The standard InChI is InChI=1S/C9H12N2O/c1-6-4-5-9(11-10-6)7(2)8(3)12/h4-5,7H,1-3H3. The molecule has 0 aliphatic carbocycles. The van der Waals surface area contributed by atoms with Gasteiger partial charge in [-0.05, 0) is 32.9 Å². The number of ketones is 1. The van der Waals surface area contributed by atoms with Crippen molar-refractivity contribution in [3.63, 3.8) is 0 Å². The molecule has 0 N–H and O–H groups in total. The molecule has 0 saturated heterocycles. The molecule has 1 unspecified atom stereocenters. The average Bonchev–Trinajstić information content (AvgIpc) is 2.04. The van der Waals surface area contributed by atoms with Gasteiger partial charge in [0, 0.05) is 0 Å². The summed E-state index contributed by atoms with van der Waals surface area (Å²) >= 11 is 0. The fourth-order valence-corrected chi connectivity index (χ4v) is 0.848. The highest BCUT2D eigenvalue weighted by Gasteiger charge is 2.11. The van der Waals surface area contributed by atoms with E-state index in [1.807, 2.05) is 26.0 Å². The summed E-state index contributed by atoms with van der Waals surface area (Å²) < 4.78 is 0. The Balaban J connectivity index is 2.89. The molecule has 1 aromatic rings. The first-order chi connectivity index (χ1) is 5.61. The molecule has 0 spiro atoms. The topological polar surface area (TPSA) is 42.9 Å². The minimum absolute atomic E-state index is 0.119. The second-order valence-corrected chi connectivity index (χ2v) is 2.93. The van der Waals surface area contributed by atoms with E-state index in [0.29, 0.717) is 0 Å². The van der Waals surface area contributed by atoms with Crippen LogP contribution in [0.4, 0.5) is 0 Å². The van der Waals surface area contributed by atoms with E-state index in [0.717, 1.165) is 11.4 Å². The Morgan fingerprint density at radius 2 is 2.08 bits per heavy atom. The molecule has 1 rings (SSSR count). The summed E-state index contributed by atoms with van der Waals surface area (Å²) in [5.74, 6) is -0.0220. The molecule has 0 aromatic carbocycles. The number of Topliss-reactive ketones (excluding diaryl/α,β-unsaturated/α-hetero) is 1. The second-order valence-electron chi connectivity index (χ2n) is 2.93. The summed E-state index contributed by atoms with van der Waals surface area (Å²) in [6.07, 6.45) is 0. The van der Waals surface area contributed by atoms with Crippen LogP contribution < -0.4 is 0 Å². The van der Waals surface area contributed by atoms with Gasteiger partial charge in [0.1, 0.15) is 5.78 Å². The van der Waals surface area contributed by atoms with Crippen molar-refractivity contribution in [2.75, 3.05) is 0 Å². The highest BCUT2D eigenvalue weighted by Crippen LogP contribution is 2.11. The normalized spacial score (nSPS) is 12.6. The van der Waals surface area contributed by atoms with Gasteiger partial charge in [-0.2, -0.15) is 10.2 Å². The summed E-state index contributed by atoms with van der Waals surface area (Å²) in [4.78, 5) is 11.0. The van der Waals surface area contributed by atoms with Crippen LogP contribution in [0.1, 0.15) is 31.2 Å². The van der Waals surface area contributed by atoms with Crippen LogP contribution in [0.5, 0.6) is 0 Å². The van der Waals surface area contributed by atoms with Crippen LogP contribution in [-0.2, 0) is 4.79 Å². The van der Waals surface area contributed by atoms with E-state index in [1.54, 1.807) is 6.92 Å². The van der Waals surface area contributed by atoms with Gasteiger partial charge in [-0.3, -0.25) is 4.79 Å². The zero-order valence-corrected chi connectivity index (χ0v) is 7.53. The number of rotatable bonds is 2. The van der Waals surface area contributed by atoms with Crippen molar-refractivity contribution >= 4 is 5.78 Å². The lowest BCUT2D eigenvalue weighted by Gasteiger charge is -2.04. The summed E-state index contributed by atoms with van der Waals surface area (Å²) in [6.45, 7) is 5.27. The Morgan fingerprint density at radius 3 is 2.50 bits per heavy atom. The highest BCUT2D eigenvalue weighted by molar-refractivity contribution is 5.82. The van der Waals surface area contributed by atoms with Gasteiger partial charge >= 0.3 is 0 Å². The fourth-order valence-electron chi connectivity index (χ4n) is 0.848. The van der Waals surface area contributed by atoms with E-state index in [-0.39, 0.29) is 11.7 Å². The SMILES string of the molecule is CC(=O)C(C)c1ccc(C)nn1. The summed E-state index contributed by atoms with van der Waals surface area (Å²) in [5.41, 5.74) is 1.61. The van der Waals surface area contributed by atoms with Crippen molar-refractivity contribution in [3.05, 3.63) is 23.5 Å². The Kier molecular flexibility index (Phi) is 2.53. The zero-order valence-electron chi connectivity index (χ0n) is 7.53. The van der Waals surface area contributed by atoms with E-state index in [9.17, 15) is 4.79 Å². The van der Waals surface area contributed by atoms with Gasteiger partial charge in [-0.1, -0.05) is 0 Å². The van der Waals surface area contributed by atoms with Gasteiger partial charge in [0.25, 0.3) is 0 Å². The minimum atomic E-state index is -0.141. The van der Waals surface area contributed by atoms with Crippen LogP contribution in [0.3, 0.4) is 0 Å². The number of aromatic nitrogens is 2. The summed E-state index contributed by atoms with van der Waals surface area (Å²) in [5, 5.41) is 7.81. The van der Waals surface area contributed by atoms with Crippen LogP contribution in [0, 0.1) is 6.92 Å². The van der Waals surface area contributed by atoms with E-state index >= 15 is 0 Å². The third-order valence-corrected chi connectivity index (χ3v) is 1.87. The van der Waals surface area contributed by atoms with Crippen molar-refractivity contribution in [2.24, 2.45) is 0 Å². The molecule has 0 aliphatic rings. The average molecular weight is 164 g/mol. The van der Waals surface area contributed by atoms with Crippen molar-refractivity contribution in [3.8, 4) is 0 Å². The van der Waals surface area contributed by atoms with Crippen molar-refractivity contribution in [2.45, 2.75) is 26.7 Å². The van der Waals surface area contributed by atoms with E-state index in [2.05, 4.69) is 10.2 Å². The Labute approximate surface area is 71.8 Å². The van der Waals surface area contributed by atoms with Gasteiger partial charge in [0.15, 0.2) is 0 Å². The Hall–Kier alpha value is -1.25. The lowest BCUT2D eigenvalue weighted by atomic mass is 10.0. The maximum absolute atomic E-state index is 11.0. The molecule has 0 aliphatic heterocycles. The third-order valence-electron chi connectivity index (χ3n) is 1.87. The molecule has 0 saturated carbocycles. The van der Waals surface area contributed by atoms with Gasteiger partial charge in [0.2, 0.25) is 0 Å². The largest absolute Gasteiger partial charge is 0.299 e. The maximum Gasteiger partial charge on any atom is 0.138 e. The Bertz CT molecular complexity index is 279. The van der Waals surface area contributed by atoms with E-state index in [4.69, 9.17) is 0 Å². The maximum atomic E-state index is 11.0. The molecule has 64 valence electrons. The minimum Gasteiger partial charge on any atom is -0.299 e. The van der Waals surface area contributed by atoms with Crippen LogP contribution in [-0.4, -0.2) is 16.0 Å². The lowest BCUT2D eigenvalue weighted by Crippen LogP contribution is -2.07. The van der Waals surface area contributed by atoms with E-state index < -0.39 is 0 Å². The first-order valence-corrected chi connectivity index (χ1v) is 3.92. The number of aryl methyl sites for hydroxylation is 1. The molecule has 1 aromatic heterocycles. The third kappa shape index (κ3) is 1.87. The van der Waals surface area contributed by atoms with Gasteiger partial charge in [-0.15, -0.1) is 0 Å². The number of carbonyl (C=O) groups is 1. The molecule has 0 amide bonds. The quantitative estimate of drug-likeness (QED) is 0.664. The predicted octanol–water partition coefficient (Wildman–Crippen LogP) is 1.48. The second kappa shape index (κ2) is 3.43. The van der Waals surface area contributed by atoms with Crippen molar-refractivity contribution in [1.29, 1.82) is 0 Å². The first kappa shape index (κ1) is 8.84. The lowest BCUT2D eigenvalue weighted by molar-refractivity contribution is -0.118. The van der Waals surface area contributed by atoms with Gasteiger partial charge in [-0.25, -0.2) is 0 Å². The Morgan fingerprint density at radius 1 is 1.42 bits per heavy atom. The number of nitrogens with zero attached hydrogens (tertiary/aromatic N) is 2. The molecule has 3 nitrogen and oxygen atoms in total. The zero-order chi connectivity index (χ0) is 9.14. The van der Waals surface area contributed by atoms with Gasteiger partial charge in [0.05, 0.1) is 17.3 Å².